The minimum Gasteiger partial charge on any atom is -0.508 e. The van der Waals surface area contributed by atoms with Gasteiger partial charge in [0.05, 0.1) is 37.8 Å². The molecule has 5 rings (SSSR count). The zero-order valence-electron chi connectivity index (χ0n) is 49.0. The van der Waals surface area contributed by atoms with E-state index < -0.39 is 113 Å². The molecule has 22 heteroatoms. The number of hydrogen-bond donors (Lipinski definition) is 5. The number of ketones is 3. The van der Waals surface area contributed by atoms with Crippen molar-refractivity contribution in [2.75, 3.05) is 39.8 Å². The van der Waals surface area contributed by atoms with Crippen LogP contribution in [-0.2, 0) is 65.4 Å². The summed E-state index contributed by atoms with van der Waals surface area (Å²) >= 11 is 6.84. The van der Waals surface area contributed by atoms with Gasteiger partial charge in [-0.3, -0.25) is 28.8 Å². The van der Waals surface area contributed by atoms with Gasteiger partial charge in [-0.25, -0.2) is 9.59 Å². The molecule has 0 spiro atoms. The van der Waals surface area contributed by atoms with Crippen molar-refractivity contribution in [3.05, 3.63) is 75.8 Å². The van der Waals surface area contributed by atoms with E-state index in [-0.39, 0.29) is 85.1 Å². The second-order valence-corrected chi connectivity index (χ2v) is 23.0. The summed E-state index contributed by atoms with van der Waals surface area (Å²) in [5, 5.41) is 28.7. The third kappa shape index (κ3) is 17.2. The number of fused-ring (bicyclic) bond motifs is 5. The number of Topliss-reactive ketones (excluding diaryl/α,β-unsaturated/α-hetero) is 3. The van der Waals surface area contributed by atoms with Crippen molar-refractivity contribution < 1.29 is 77.0 Å². The number of benzene rings is 2. The number of carbonyl (C=O) groups excluding carboxylic acids is 9. The van der Waals surface area contributed by atoms with Crippen molar-refractivity contribution in [1.82, 2.24) is 15.5 Å². The molecule has 2 saturated heterocycles. The number of epoxide rings is 1. The molecular weight excluding hydrogens is 1080 g/mol. The van der Waals surface area contributed by atoms with Gasteiger partial charge in [-0.2, -0.15) is 0 Å². The van der Waals surface area contributed by atoms with E-state index in [0.717, 1.165) is 22.1 Å². The Bertz CT molecular complexity index is 2780. The number of phenolic OH excluding ortho intramolecular Hbond substituents is 1. The lowest BCUT2D eigenvalue weighted by molar-refractivity contribution is -0.187. The standard InChI is InChI=1S/C60H82ClN5O16/c1-33(2)42(29-41(68)18-13-12-17-35(4)67)55(73)64-43(19-15-23-63-58(62)76)46(70)27-39-21-22-40(28-45(39)69)56(74)65(8)37(6)57(75)81-50-30-51(71)66(9)44-25-38(26-47(78-10)53(44)61)24-34(3)16-14-20-49(79-11)60(77)31-48(80-52(72)32-60)36(5)54-59(50,7)82-54/h14,16,20-22,25-26,28,33,36-37,42-43,48-50,54,69,77H,12-13,15,17-19,23-24,27,29-32H2,1-11H3,(H,64,73)(H3,62,63,76)/b20-14+,34-16+/t36-,37+,42+,43+,48+,49-,50+,54+,59+,60-/m1/s1. The first-order valence-corrected chi connectivity index (χ1v) is 28.2. The van der Waals surface area contributed by atoms with Crippen LogP contribution in [0.1, 0.15) is 134 Å². The minimum absolute atomic E-state index is 0.0246. The molecule has 3 aliphatic heterocycles. The molecular formula is C60H82ClN5O16. The average Bonchev–Trinajstić information content (AvgIpc) is 4.19. The number of aromatic hydroxyl groups is 1. The van der Waals surface area contributed by atoms with E-state index >= 15 is 0 Å². The number of rotatable bonds is 23. The van der Waals surface area contributed by atoms with E-state index in [1.807, 2.05) is 13.0 Å². The summed E-state index contributed by atoms with van der Waals surface area (Å²) in [5.74, 6) is -5.76. The van der Waals surface area contributed by atoms with Crippen LogP contribution >= 0.6 is 11.6 Å². The Morgan fingerprint density at radius 3 is 2.35 bits per heavy atom. The summed E-state index contributed by atoms with van der Waals surface area (Å²) in [4.78, 5) is 122. The Morgan fingerprint density at radius 1 is 1.02 bits per heavy atom. The van der Waals surface area contributed by atoms with E-state index in [4.69, 9.17) is 41.0 Å². The van der Waals surface area contributed by atoms with Gasteiger partial charge < -0.3 is 64.9 Å². The molecule has 3 aliphatic rings. The Balaban J connectivity index is 1.36. The highest BCUT2D eigenvalue weighted by Gasteiger charge is 2.64. The number of likely N-dealkylation sites (N-methyl/N-ethyl adjacent to an activating group) is 1. The van der Waals surface area contributed by atoms with Crippen LogP contribution in [-0.4, -0.2) is 151 Å². The predicted molar refractivity (Wildman–Crippen MR) is 304 cm³/mol. The molecule has 2 aromatic rings. The normalized spacial score (nSPS) is 25.0. The Labute approximate surface area is 484 Å². The number of methoxy groups -OCH3 is 2. The molecule has 2 fully saturated rings. The molecule has 21 nitrogen and oxygen atoms in total. The van der Waals surface area contributed by atoms with Crippen molar-refractivity contribution in [3.8, 4) is 11.5 Å². The first-order valence-electron chi connectivity index (χ1n) is 27.8. The molecule has 0 aliphatic carbocycles. The maximum absolute atomic E-state index is 14.5. The summed E-state index contributed by atoms with van der Waals surface area (Å²) in [6.45, 7) is 11.9. The average molecular weight is 1160 g/mol. The molecule has 0 saturated carbocycles. The van der Waals surface area contributed by atoms with Crippen LogP contribution in [0, 0.1) is 17.8 Å². The highest BCUT2D eigenvalue weighted by molar-refractivity contribution is 6.35. The number of hydrogen-bond acceptors (Lipinski definition) is 16. The molecule has 0 radical (unpaired) electrons. The molecule has 0 unspecified atom stereocenters. The highest BCUT2D eigenvalue weighted by atomic mass is 35.5. The number of amides is 5. The van der Waals surface area contributed by atoms with Crippen molar-refractivity contribution in [3.63, 3.8) is 0 Å². The minimum atomic E-state index is -1.67. The number of nitrogens with one attached hydrogen (secondary N) is 2. The number of aliphatic hydroxyl groups is 1. The predicted octanol–water partition coefficient (Wildman–Crippen LogP) is 6.21. The van der Waals surface area contributed by atoms with E-state index in [1.54, 1.807) is 52.0 Å². The lowest BCUT2D eigenvalue weighted by Crippen LogP contribution is -2.53. The van der Waals surface area contributed by atoms with Crippen molar-refractivity contribution >= 4 is 70.3 Å². The number of nitrogens with zero attached hydrogens (tertiary/aromatic N) is 2. The summed E-state index contributed by atoms with van der Waals surface area (Å²) in [5.41, 5.74) is 4.21. The molecule has 3 heterocycles. The van der Waals surface area contributed by atoms with Gasteiger partial charge in [0.25, 0.3) is 5.91 Å². The maximum atomic E-state index is 14.5. The van der Waals surface area contributed by atoms with E-state index in [0.29, 0.717) is 37.1 Å². The number of carbonyl (C=O) groups is 9. The van der Waals surface area contributed by atoms with Gasteiger partial charge in [-0.15, -0.1) is 0 Å². The summed E-state index contributed by atoms with van der Waals surface area (Å²) < 4.78 is 29.7. The van der Waals surface area contributed by atoms with Crippen LogP contribution in [0.15, 0.2) is 54.1 Å². The third-order valence-electron chi connectivity index (χ3n) is 15.9. The Kier molecular flexibility index (Phi) is 23.4. The first-order chi connectivity index (χ1) is 38.5. The number of ether oxygens (including phenoxy) is 5. The van der Waals surface area contributed by atoms with Crippen LogP contribution in [0.4, 0.5) is 10.5 Å². The SMILES string of the molecule is COc1cc2cc(c1Cl)N(C)C(=O)C[C@H](OC(=O)[C@H](C)N(C)C(=O)c1ccc(CC(=O)[C@H](CCCNC(N)=O)NC(=O)[C@@H](CC(=O)CCCCC(C)=O)C(C)C)c(O)c1)[C@]1(C)O[C@H]1[C@H](C)[C@@H]1C[C@@](O)(CC(=O)O1)[C@H](OC)/C=C/C=C(\C)C2. The quantitative estimate of drug-likeness (QED) is 0.0469. The maximum Gasteiger partial charge on any atom is 0.328 e. The number of allylic oxidation sites excluding steroid dienone is 3. The molecule has 6 N–H and O–H groups in total. The molecule has 450 valence electrons. The summed E-state index contributed by atoms with van der Waals surface area (Å²) in [6, 6.07) is 4.21. The van der Waals surface area contributed by atoms with Crippen LogP contribution in [0.2, 0.25) is 5.02 Å². The van der Waals surface area contributed by atoms with E-state index in [9.17, 15) is 53.4 Å². The van der Waals surface area contributed by atoms with Crippen LogP contribution in [0.5, 0.6) is 11.5 Å². The number of halogens is 1. The van der Waals surface area contributed by atoms with Crippen molar-refractivity contribution in [2.45, 2.75) is 173 Å². The molecule has 0 aromatic heterocycles. The number of phenols is 1. The second kappa shape index (κ2) is 29.0. The van der Waals surface area contributed by atoms with Gasteiger partial charge in [-0.05, 0) is 95.5 Å². The lowest BCUT2D eigenvalue weighted by atomic mass is 9.78. The first kappa shape index (κ1) is 66.1. The zero-order chi connectivity index (χ0) is 61.0. The molecule has 2 aromatic carbocycles. The number of esters is 2. The smallest absolute Gasteiger partial charge is 0.328 e. The third-order valence-corrected chi connectivity index (χ3v) is 16.3. The van der Waals surface area contributed by atoms with Crippen LogP contribution in [0.25, 0.3) is 0 Å². The van der Waals surface area contributed by atoms with Gasteiger partial charge in [0.15, 0.2) is 5.78 Å². The topological polar surface area (TPSA) is 300 Å². The number of nitrogens with two attached hydrogens (primary N) is 1. The van der Waals surface area contributed by atoms with Gasteiger partial charge in [0.2, 0.25) is 11.8 Å². The fraction of sp³-hybridized carbons (Fsp3) is 0.583. The summed E-state index contributed by atoms with van der Waals surface area (Å²) in [7, 11) is 5.76. The van der Waals surface area contributed by atoms with Gasteiger partial charge in [0, 0.05) is 82.8 Å². The molecule has 82 heavy (non-hydrogen) atoms. The van der Waals surface area contributed by atoms with Crippen molar-refractivity contribution in [2.24, 2.45) is 23.5 Å². The van der Waals surface area contributed by atoms with Crippen molar-refractivity contribution in [1.29, 1.82) is 0 Å². The Hall–Kier alpha value is -6.68. The number of unbranched alkanes of at least 4 members (excludes halogenated alkanes) is 1. The molecule has 5 amide bonds. The number of anilines is 1. The fourth-order valence-corrected chi connectivity index (χ4v) is 10.9. The van der Waals surface area contributed by atoms with Gasteiger partial charge in [0.1, 0.15) is 63.6 Å². The van der Waals surface area contributed by atoms with Crippen LogP contribution < -0.4 is 26.0 Å². The van der Waals surface area contributed by atoms with Gasteiger partial charge >= 0.3 is 18.0 Å². The monoisotopic (exact) mass is 1160 g/mol. The summed E-state index contributed by atoms with van der Waals surface area (Å²) in [6.07, 6.45) is 2.45. The lowest BCUT2D eigenvalue weighted by Gasteiger charge is -2.41. The second-order valence-electron chi connectivity index (χ2n) is 22.6. The van der Waals surface area contributed by atoms with E-state index in [2.05, 4.69) is 10.6 Å². The highest BCUT2D eigenvalue weighted by Crippen LogP contribution is 2.50. The van der Waals surface area contributed by atoms with Gasteiger partial charge in [-0.1, -0.05) is 62.2 Å². The Morgan fingerprint density at radius 2 is 1.72 bits per heavy atom. The zero-order valence-corrected chi connectivity index (χ0v) is 49.7. The van der Waals surface area contributed by atoms with Crippen LogP contribution in [0.3, 0.4) is 0 Å². The number of primary amides is 1. The fourth-order valence-electron chi connectivity index (χ4n) is 10.6. The number of urea groups is 1. The molecule has 10 atom stereocenters. The van der Waals surface area contributed by atoms with E-state index in [1.165, 1.54) is 59.2 Å². The largest absolute Gasteiger partial charge is 0.508 e. The molecule has 4 bridgehead atoms.